The van der Waals surface area contributed by atoms with Crippen LogP contribution < -0.4 is 0 Å². The highest BCUT2D eigenvalue weighted by atomic mass is 16.2. The Morgan fingerprint density at radius 2 is 2.11 bits per heavy atom. The van der Waals surface area contributed by atoms with Crippen LogP contribution in [-0.2, 0) is 16.0 Å². The summed E-state index contributed by atoms with van der Waals surface area (Å²) in [7, 11) is 0. The molecule has 0 N–H and O–H groups in total. The van der Waals surface area contributed by atoms with E-state index >= 15 is 0 Å². The third kappa shape index (κ3) is 2.25. The Balaban J connectivity index is 2.21. The van der Waals surface area contributed by atoms with Gasteiger partial charge in [0.05, 0.1) is 12.1 Å². The van der Waals surface area contributed by atoms with Crippen molar-refractivity contribution in [1.82, 2.24) is 4.90 Å². The molecule has 18 heavy (non-hydrogen) atoms. The fraction of sp³-hybridized carbons (Fsp3) is 0.357. The minimum Gasteiger partial charge on any atom is -0.331 e. The maximum absolute atomic E-state index is 12.0. The number of likely N-dealkylation sites (tertiary alicyclic amines) is 1. The molecule has 1 fully saturated rings. The number of nitriles is 1. The van der Waals surface area contributed by atoms with E-state index in [0.29, 0.717) is 6.42 Å². The normalized spacial score (nSPS) is 22.9. The number of hydrogen-bond acceptors (Lipinski definition) is 3. The van der Waals surface area contributed by atoms with Gasteiger partial charge in [0.25, 0.3) is 0 Å². The average Bonchev–Trinajstić information content (AvgIpc) is 2.68. The second-order valence-corrected chi connectivity index (χ2v) is 4.46. The largest absolute Gasteiger partial charge is 0.331 e. The minimum atomic E-state index is -0.678. The van der Waals surface area contributed by atoms with Crippen molar-refractivity contribution in [2.24, 2.45) is 5.92 Å². The SMILES string of the molecule is CC(=O)N1CC(C#N)C(=O)C1Cc1ccccc1. The Hall–Kier alpha value is -2.15. The third-order valence-electron chi connectivity index (χ3n) is 3.26. The topological polar surface area (TPSA) is 61.2 Å². The van der Waals surface area contributed by atoms with Crippen molar-refractivity contribution in [2.75, 3.05) is 6.54 Å². The summed E-state index contributed by atoms with van der Waals surface area (Å²) in [5.41, 5.74) is 1.00. The number of ketones is 1. The summed E-state index contributed by atoms with van der Waals surface area (Å²) in [5.74, 6) is -0.971. The zero-order valence-corrected chi connectivity index (χ0v) is 10.2. The molecule has 1 amide bonds. The molecular weight excluding hydrogens is 228 g/mol. The van der Waals surface area contributed by atoms with Crippen LogP contribution in [0, 0.1) is 17.2 Å². The van der Waals surface area contributed by atoms with E-state index in [1.807, 2.05) is 36.4 Å². The van der Waals surface area contributed by atoms with E-state index in [0.717, 1.165) is 5.56 Å². The second-order valence-electron chi connectivity index (χ2n) is 4.46. The van der Waals surface area contributed by atoms with Gasteiger partial charge in [-0.1, -0.05) is 30.3 Å². The Bertz CT molecular complexity index is 504. The number of nitrogens with zero attached hydrogens (tertiary/aromatic N) is 2. The molecule has 1 aliphatic heterocycles. The first-order valence-corrected chi connectivity index (χ1v) is 5.88. The average molecular weight is 242 g/mol. The van der Waals surface area contributed by atoms with Crippen LogP contribution in [0.3, 0.4) is 0 Å². The molecule has 4 heteroatoms. The first-order chi connectivity index (χ1) is 8.63. The van der Waals surface area contributed by atoms with Gasteiger partial charge in [0.15, 0.2) is 5.78 Å². The highest BCUT2D eigenvalue weighted by Gasteiger charge is 2.41. The lowest BCUT2D eigenvalue weighted by atomic mass is 9.99. The number of carbonyl (C=O) groups is 2. The van der Waals surface area contributed by atoms with E-state index in [2.05, 4.69) is 0 Å². The lowest BCUT2D eigenvalue weighted by Crippen LogP contribution is -2.38. The smallest absolute Gasteiger partial charge is 0.220 e. The summed E-state index contributed by atoms with van der Waals surface area (Å²) < 4.78 is 0. The van der Waals surface area contributed by atoms with Crippen molar-refractivity contribution in [1.29, 1.82) is 5.26 Å². The van der Waals surface area contributed by atoms with Crippen LogP contribution in [0.1, 0.15) is 12.5 Å². The summed E-state index contributed by atoms with van der Waals surface area (Å²) >= 11 is 0. The number of Topliss-reactive ketones (excluding diaryl/α,β-unsaturated/α-hetero) is 1. The monoisotopic (exact) mass is 242 g/mol. The number of hydrogen-bond donors (Lipinski definition) is 0. The van der Waals surface area contributed by atoms with Crippen LogP contribution >= 0.6 is 0 Å². The van der Waals surface area contributed by atoms with Crippen LogP contribution in [0.5, 0.6) is 0 Å². The molecule has 0 radical (unpaired) electrons. The zero-order chi connectivity index (χ0) is 13.1. The summed E-state index contributed by atoms with van der Waals surface area (Å²) in [4.78, 5) is 25.1. The van der Waals surface area contributed by atoms with Crippen molar-refractivity contribution < 1.29 is 9.59 Å². The number of carbonyl (C=O) groups excluding carboxylic acids is 2. The molecule has 2 atom stereocenters. The van der Waals surface area contributed by atoms with Gasteiger partial charge in [0.1, 0.15) is 5.92 Å². The molecule has 1 saturated heterocycles. The molecule has 1 aliphatic rings. The molecule has 2 rings (SSSR count). The molecule has 1 heterocycles. The Labute approximate surface area is 106 Å². The predicted octanol–water partition coefficient (Wildman–Crippen LogP) is 1.17. The highest BCUT2D eigenvalue weighted by Crippen LogP contribution is 2.22. The van der Waals surface area contributed by atoms with Crippen molar-refractivity contribution in [2.45, 2.75) is 19.4 Å². The minimum absolute atomic E-state index is 0.142. The Morgan fingerprint density at radius 3 is 2.67 bits per heavy atom. The van der Waals surface area contributed by atoms with Gasteiger partial charge in [0.2, 0.25) is 5.91 Å². The van der Waals surface area contributed by atoms with E-state index in [4.69, 9.17) is 5.26 Å². The van der Waals surface area contributed by atoms with Gasteiger partial charge in [-0.3, -0.25) is 9.59 Å². The molecule has 0 saturated carbocycles. The van der Waals surface area contributed by atoms with Gasteiger partial charge in [-0.05, 0) is 5.56 Å². The van der Waals surface area contributed by atoms with Crippen LogP contribution in [0.25, 0.3) is 0 Å². The summed E-state index contributed by atoms with van der Waals surface area (Å²) in [6.07, 6.45) is 0.484. The lowest BCUT2D eigenvalue weighted by molar-refractivity contribution is -0.132. The van der Waals surface area contributed by atoms with Crippen LogP contribution in [0.4, 0.5) is 0 Å². The molecule has 92 valence electrons. The van der Waals surface area contributed by atoms with Crippen molar-refractivity contribution in [3.05, 3.63) is 35.9 Å². The molecule has 0 aromatic heterocycles. The summed E-state index contributed by atoms with van der Waals surface area (Å²) in [6, 6.07) is 11.0. The summed E-state index contributed by atoms with van der Waals surface area (Å²) in [5, 5.41) is 8.91. The molecule has 2 unspecified atom stereocenters. The van der Waals surface area contributed by atoms with E-state index in [1.165, 1.54) is 11.8 Å². The van der Waals surface area contributed by atoms with Gasteiger partial charge < -0.3 is 4.90 Å². The molecule has 4 nitrogen and oxygen atoms in total. The molecule has 0 bridgehead atoms. The lowest BCUT2D eigenvalue weighted by Gasteiger charge is -2.21. The number of rotatable bonds is 2. The fourth-order valence-corrected chi connectivity index (χ4v) is 2.30. The van der Waals surface area contributed by atoms with E-state index in [-0.39, 0.29) is 18.2 Å². The molecule has 0 spiro atoms. The summed E-state index contributed by atoms with van der Waals surface area (Å²) in [6.45, 7) is 1.66. The first kappa shape index (κ1) is 12.3. The fourth-order valence-electron chi connectivity index (χ4n) is 2.30. The molecule has 1 aromatic rings. The quantitative estimate of drug-likeness (QED) is 0.782. The van der Waals surface area contributed by atoms with Crippen LogP contribution in [0.2, 0.25) is 0 Å². The van der Waals surface area contributed by atoms with Crippen molar-refractivity contribution in [3.8, 4) is 6.07 Å². The Kier molecular flexibility index (Phi) is 3.42. The second kappa shape index (κ2) is 5.01. The number of amides is 1. The van der Waals surface area contributed by atoms with Crippen molar-refractivity contribution in [3.63, 3.8) is 0 Å². The highest BCUT2D eigenvalue weighted by molar-refractivity contribution is 5.95. The van der Waals surface area contributed by atoms with Crippen LogP contribution in [-0.4, -0.2) is 29.2 Å². The van der Waals surface area contributed by atoms with Crippen LogP contribution in [0.15, 0.2) is 30.3 Å². The van der Waals surface area contributed by atoms with E-state index in [1.54, 1.807) is 0 Å². The maximum Gasteiger partial charge on any atom is 0.220 e. The third-order valence-corrected chi connectivity index (χ3v) is 3.26. The van der Waals surface area contributed by atoms with Gasteiger partial charge in [-0.15, -0.1) is 0 Å². The van der Waals surface area contributed by atoms with Crippen molar-refractivity contribution >= 4 is 11.7 Å². The van der Waals surface area contributed by atoms with Gasteiger partial charge in [0, 0.05) is 19.9 Å². The molecular formula is C14H14N2O2. The number of benzene rings is 1. The molecule has 0 aliphatic carbocycles. The standard InChI is InChI=1S/C14H14N2O2/c1-10(17)16-9-12(8-15)14(18)13(16)7-11-5-3-2-4-6-11/h2-6,12-13H,7,9H2,1H3. The van der Waals surface area contributed by atoms with Gasteiger partial charge in [-0.25, -0.2) is 0 Å². The van der Waals surface area contributed by atoms with E-state index < -0.39 is 12.0 Å². The first-order valence-electron chi connectivity index (χ1n) is 5.88. The van der Waals surface area contributed by atoms with E-state index in [9.17, 15) is 9.59 Å². The molecule has 1 aromatic carbocycles. The predicted molar refractivity (Wildman–Crippen MR) is 65.4 cm³/mol. The van der Waals surface area contributed by atoms with Gasteiger partial charge >= 0.3 is 0 Å². The zero-order valence-electron chi connectivity index (χ0n) is 10.2. The van der Waals surface area contributed by atoms with Gasteiger partial charge in [-0.2, -0.15) is 5.26 Å². The Morgan fingerprint density at radius 1 is 1.44 bits per heavy atom. The maximum atomic E-state index is 12.0.